The molecule has 0 heterocycles. The molecule has 7 heteroatoms. The highest BCUT2D eigenvalue weighted by atomic mass is 19.4. The number of hydrogen-bond acceptors (Lipinski definition) is 1. The van der Waals surface area contributed by atoms with Crippen molar-refractivity contribution in [2.45, 2.75) is 38.5 Å². The van der Waals surface area contributed by atoms with Gasteiger partial charge < -0.3 is 4.90 Å². The number of nitrogens with zero attached hydrogens (tertiary/aromatic N) is 1. The number of anilines is 1. The lowest BCUT2D eigenvalue weighted by atomic mass is 9.87. The fourth-order valence-electron chi connectivity index (χ4n) is 1.84. The molecular weight excluding hydrogens is 296 g/mol. The van der Waals surface area contributed by atoms with E-state index in [0.717, 1.165) is 5.56 Å². The van der Waals surface area contributed by atoms with Crippen LogP contribution in [0.25, 0.3) is 0 Å². The molecule has 21 heavy (non-hydrogen) atoms. The standard InChI is InChI=1S/C14H17F6N/c1-12(2,3)10-4-6-11(7-5-10)21(8-13(15,16)17)9-14(18,19)20/h4-7H,8-9H2,1-3H3. The molecule has 0 spiro atoms. The van der Waals surface area contributed by atoms with Crippen LogP contribution in [0.3, 0.4) is 0 Å². The normalized spacial score (nSPS) is 13.4. The van der Waals surface area contributed by atoms with E-state index in [4.69, 9.17) is 0 Å². The molecule has 120 valence electrons. The second-order valence-corrected chi connectivity index (χ2v) is 5.88. The van der Waals surface area contributed by atoms with Crippen LogP contribution in [0.5, 0.6) is 0 Å². The molecule has 1 rings (SSSR count). The highest BCUT2D eigenvalue weighted by molar-refractivity contribution is 5.49. The Bertz CT molecular complexity index is 436. The highest BCUT2D eigenvalue weighted by Crippen LogP contribution is 2.29. The zero-order chi connectivity index (χ0) is 16.5. The van der Waals surface area contributed by atoms with Gasteiger partial charge in [-0.2, -0.15) is 26.3 Å². The predicted molar refractivity (Wildman–Crippen MR) is 69.5 cm³/mol. The van der Waals surface area contributed by atoms with Gasteiger partial charge in [-0.15, -0.1) is 0 Å². The average Bonchev–Trinajstić information content (AvgIpc) is 2.23. The third kappa shape index (κ3) is 6.27. The quantitative estimate of drug-likeness (QED) is 0.716. The smallest absolute Gasteiger partial charge is 0.353 e. The summed E-state index contributed by atoms with van der Waals surface area (Å²) >= 11 is 0. The molecule has 1 aromatic rings. The Balaban J connectivity index is 3.03. The van der Waals surface area contributed by atoms with E-state index in [1.165, 1.54) is 12.1 Å². The van der Waals surface area contributed by atoms with Crippen molar-refractivity contribution in [3.8, 4) is 0 Å². The topological polar surface area (TPSA) is 3.24 Å². The molecule has 0 atom stereocenters. The van der Waals surface area contributed by atoms with Crippen molar-refractivity contribution in [2.75, 3.05) is 18.0 Å². The monoisotopic (exact) mass is 313 g/mol. The minimum atomic E-state index is -4.70. The molecule has 0 fully saturated rings. The first-order chi connectivity index (χ1) is 9.28. The van der Waals surface area contributed by atoms with Crippen molar-refractivity contribution in [1.29, 1.82) is 0 Å². The zero-order valence-corrected chi connectivity index (χ0v) is 11.9. The molecule has 0 aromatic heterocycles. The van der Waals surface area contributed by atoms with Crippen LogP contribution in [-0.2, 0) is 5.41 Å². The number of rotatable bonds is 3. The molecule has 0 bridgehead atoms. The Hall–Kier alpha value is -1.40. The van der Waals surface area contributed by atoms with Gasteiger partial charge in [0.1, 0.15) is 13.1 Å². The van der Waals surface area contributed by atoms with Crippen LogP contribution in [0.4, 0.5) is 32.0 Å². The van der Waals surface area contributed by atoms with Crippen molar-refractivity contribution in [3.05, 3.63) is 29.8 Å². The summed E-state index contributed by atoms with van der Waals surface area (Å²) < 4.78 is 74.6. The lowest BCUT2D eigenvalue weighted by Crippen LogP contribution is -2.40. The van der Waals surface area contributed by atoms with E-state index in [0.29, 0.717) is 0 Å². The van der Waals surface area contributed by atoms with E-state index in [9.17, 15) is 26.3 Å². The summed E-state index contributed by atoms with van der Waals surface area (Å²) in [5.74, 6) is 0. The first-order valence-electron chi connectivity index (χ1n) is 6.27. The maximum Gasteiger partial charge on any atom is 0.405 e. The zero-order valence-electron chi connectivity index (χ0n) is 11.9. The maximum absolute atomic E-state index is 12.4. The van der Waals surface area contributed by atoms with Crippen LogP contribution in [-0.4, -0.2) is 25.4 Å². The van der Waals surface area contributed by atoms with Crippen molar-refractivity contribution >= 4 is 5.69 Å². The fraction of sp³-hybridized carbons (Fsp3) is 0.571. The fourth-order valence-corrected chi connectivity index (χ4v) is 1.84. The number of halogens is 6. The van der Waals surface area contributed by atoms with Crippen LogP contribution >= 0.6 is 0 Å². The Morgan fingerprint density at radius 3 is 1.43 bits per heavy atom. The van der Waals surface area contributed by atoms with Gasteiger partial charge in [0.25, 0.3) is 0 Å². The van der Waals surface area contributed by atoms with E-state index in [-0.39, 0.29) is 16.0 Å². The molecule has 1 nitrogen and oxygen atoms in total. The van der Waals surface area contributed by atoms with Gasteiger partial charge in [0.05, 0.1) is 0 Å². The lowest BCUT2D eigenvalue weighted by Gasteiger charge is -2.28. The van der Waals surface area contributed by atoms with Gasteiger partial charge in [0.2, 0.25) is 0 Å². The summed E-state index contributed by atoms with van der Waals surface area (Å²) in [6, 6.07) is 5.68. The molecule has 0 aliphatic heterocycles. The first kappa shape index (κ1) is 17.7. The summed E-state index contributed by atoms with van der Waals surface area (Å²) in [5.41, 5.74) is 0.514. The van der Waals surface area contributed by atoms with E-state index >= 15 is 0 Å². The minimum absolute atomic E-state index is 0.0994. The Labute approximate surface area is 119 Å². The van der Waals surface area contributed by atoms with E-state index < -0.39 is 25.4 Å². The molecular formula is C14H17F6N. The maximum atomic E-state index is 12.4. The first-order valence-corrected chi connectivity index (χ1v) is 6.27. The summed E-state index contributed by atoms with van der Waals surface area (Å²) in [6.45, 7) is 2.45. The van der Waals surface area contributed by atoms with Crippen LogP contribution in [0.2, 0.25) is 0 Å². The Kier molecular flexibility index (Phi) is 4.85. The summed E-state index contributed by atoms with van der Waals surface area (Å²) in [7, 11) is 0. The van der Waals surface area contributed by atoms with Gasteiger partial charge in [-0.1, -0.05) is 32.9 Å². The predicted octanol–water partition coefficient (Wildman–Crippen LogP) is 4.92. The van der Waals surface area contributed by atoms with Crippen LogP contribution < -0.4 is 4.90 Å². The molecule has 0 saturated heterocycles. The van der Waals surface area contributed by atoms with Gasteiger partial charge in [-0.25, -0.2) is 0 Å². The molecule has 0 saturated carbocycles. The van der Waals surface area contributed by atoms with Crippen LogP contribution in [0, 0.1) is 0 Å². The van der Waals surface area contributed by atoms with E-state index in [2.05, 4.69) is 0 Å². The second-order valence-electron chi connectivity index (χ2n) is 5.88. The van der Waals surface area contributed by atoms with Gasteiger partial charge >= 0.3 is 12.4 Å². The highest BCUT2D eigenvalue weighted by Gasteiger charge is 2.37. The SMILES string of the molecule is CC(C)(C)c1ccc(N(CC(F)(F)F)CC(F)(F)F)cc1. The van der Waals surface area contributed by atoms with Gasteiger partial charge in [0, 0.05) is 5.69 Å². The Morgan fingerprint density at radius 2 is 1.14 bits per heavy atom. The van der Waals surface area contributed by atoms with Crippen molar-refractivity contribution < 1.29 is 26.3 Å². The molecule has 0 N–H and O–H groups in total. The summed E-state index contributed by atoms with van der Waals surface area (Å²) in [6.07, 6.45) is -9.40. The lowest BCUT2D eigenvalue weighted by molar-refractivity contribution is -0.137. The third-order valence-corrected chi connectivity index (χ3v) is 2.84. The second kappa shape index (κ2) is 5.77. The summed E-state index contributed by atoms with van der Waals surface area (Å²) in [4.78, 5) is 0.284. The van der Waals surface area contributed by atoms with Crippen molar-refractivity contribution in [3.63, 3.8) is 0 Å². The van der Waals surface area contributed by atoms with Crippen molar-refractivity contribution in [2.24, 2.45) is 0 Å². The third-order valence-electron chi connectivity index (χ3n) is 2.84. The minimum Gasteiger partial charge on any atom is -0.353 e. The van der Waals surface area contributed by atoms with Crippen LogP contribution in [0.15, 0.2) is 24.3 Å². The molecule has 0 amide bonds. The van der Waals surface area contributed by atoms with Gasteiger partial charge in [0.15, 0.2) is 0 Å². The van der Waals surface area contributed by atoms with Crippen LogP contribution in [0.1, 0.15) is 26.3 Å². The molecule has 0 aliphatic rings. The summed E-state index contributed by atoms with van der Waals surface area (Å²) in [5, 5.41) is 0. The van der Waals surface area contributed by atoms with E-state index in [1.807, 2.05) is 20.8 Å². The number of alkyl halides is 6. The Morgan fingerprint density at radius 1 is 0.762 bits per heavy atom. The molecule has 0 aliphatic carbocycles. The van der Waals surface area contributed by atoms with E-state index in [1.54, 1.807) is 12.1 Å². The molecule has 0 radical (unpaired) electrons. The number of benzene rings is 1. The largest absolute Gasteiger partial charge is 0.405 e. The average molecular weight is 313 g/mol. The van der Waals surface area contributed by atoms with Gasteiger partial charge in [-0.3, -0.25) is 0 Å². The van der Waals surface area contributed by atoms with Gasteiger partial charge in [-0.05, 0) is 23.1 Å². The molecule has 0 unspecified atom stereocenters. The molecule has 1 aromatic carbocycles. The number of hydrogen-bond donors (Lipinski definition) is 0. The van der Waals surface area contributed by atoms with Crippen molar-refractivity contribution in [1.82, 2.24) is 0 Å².